The Kier molecular flexibility index (Phi) is 5.57. The number of hydrogen-bond donors (Lipinski definition) is 0. The van der Waals surface area contributed by atoms with E-state index in [1.54, 1.807) is 11.9 Å². The van der Waals surface area contributed by atoms with E-state index in [-0.39, 0.29) is 22.5 Å². The van der Waals surface area contributed by atoms with Crippen molar-refractivity contribution < 1.29 is 18.7 Å². The molecule has 0 spiro atoms. The molecule has 0 saturated heterocycles. The van der Waals surface area contributed by atoms with Crippen LogP contribution < -0.4 is 0 Å². The van der Waals surface area contributed by atoms with E-state index in [9.17, 15) is 14.0 Å². The monoisotopic (exact) mass is 375 g/mol. The highest BCUT2D eigenvalue weighted by Gasteiger charge is 2.27. The van der Waals surface area contributed by atoms with Gasteiger partial charge in [0.25, 0.3) is 5.91 Å². The molecule has 0 aliphatic heterocycles. The Morgan fingerprint density at radius 1 is 1.27 bits per heavy atom. The Morgan fingerprint density at radius 2 is 2.04 bits per heavy atom. The predicted molar refractivity (Wildman–Crippen MR) is 96.6 cm³/mol. The lowest BCUT2D eigenvalue weighted by atomic mass is 9.87. The van der Waals surface area contributed by atoms with Gasteiger partial charge in [0.1, 0.15) is 5.82 Å². The van der Waals surface area contributed by atoms with Crippen molar-refractivity contribution in [1.29, 1.82) is 0 Å². The molecule has 0 aromatic heterocycles. The van der Waals surface area contributed by atoms with Crippen LogP contribution in [0.5, 0.6) is 0 Å². The third-order valence-corrected chi connectivity index (χ3v) is 4.91. The first-order valence-corrected chi connectivity index (χ1v) is 8.81. The number of aryl methyl sites for hydroxylation is 1. The highest BCUT2D eigenvalue weighted by atomic mass is 35.5. The fraction of sp³-hybridized carbons (Fsp3) is 0.300. The molecular weight excluding hydrogens is 357 g/mol. The van der Waals surface area contributed by atoms with Crippen LogP contribution in [0, 0.1) is 5.82 Å². The van der Waals surface area contributed by atoms with Gasteiger partial charge in [0, 0.05) is 12.1 Å². The zero-order valence-electron chi connectivity index (χ0n) is 14.4. The van der Waals surface area contributed by atoms with Crippen LogP contribution in [0.1, 0.15) is 40.4 Å². The van der Waals surface area contributed by atoms with Gasteiger partial charge in [0.2, 0.25) is 0 Å². The second-order valence-electron chi connectivity index (χ2n) is 6.31. The number of amides is 1. The lowest BCUT2D eigenvalue weighted by Crippen LogP contribution is -2.36. The molecule has 26 heavy (non-hydrogen) atoms. The zero-order valence-corrected chi connectivity index (χ0v) is 15.1. The van der Waals surface area contributed by atoms with Gasteiger partial charge in [-0.1, -0.05) is 35.9 Å². The van der Waals surface area contributed by atoms with Crippen molar-refractivity contribution in [3.63, 3.8) is 0 Å². The Balaban J connectivity index is 1.65. The number of carbonyl (C=O) groups excluding carboxylic acids is 2. The zero-order chi connectivity index (χ0) is 18.7. The molecule has 136 valence electrons. The van der Waals surface area contributed by atoms with Crippen LogP contribution >= 0.6 is 11.6 Å². The first kappa shape index (κ1) is 18.4. The van der Waals surface area contributed by atoms with Crippen molar-refractivity contribution in [3.8, 4) is 0 Å². The van der Waals surface area contributed by atoms with Crippen LogP contribution in [0.4, 0.5) is 4.39 Å². The van der Waals surface area contributed by atoms with Crippen LogP contribution in [-0.4, -0.2) is 30.4 Å². The maximum Gasteiger partial charge on any atom is 0.341 e. The van der Waals surface area contributed by atoms with Crippen molar-refractivity contribution in [2.75, 3.05) is 13.7 Å². The Labute approximate surface area is 156 Å². The number of hydrogen-bond acceptors (Lipinski definition) is 3. The van der Waals surface area contributed by atoms with Gasteiger partial charge in [0.15, 0.2) is 6.61 Å². The predicted octanol–water partition coefficient (Wildman–Crippen LogP) is 4.17. The fourth-order valence-electron chi connectivity index (χ4n) is 3.27. The first-order valence-electron chi connectivity index (χ1n) is 8.43. The molecule has 0 fully saturated rings. The molecule has 0 radical (unpaired) electrons. The summed E-state index contributed by atoms with van der Waals surface area (Å²) in [5, 5.41) is 0.223. The van der Waals surface area contributed by atoms with Crippen LogP contribution in [0.2, 0.25) is 5.02 Å². The average molecular weight is 376 g/mol. The first-order chi connectivity index (χ1) is 12.5. The van der Waals surface area contributed by atoms with Crippen LogP contribution in [0.15, 0.2) is 42.5 Å². The summed E-state index contributed by atoms with van der Waals surface area (Å²) in [6.45, 7) is -0.444. The molecule has 0 bridgehead atoms. The van der Waals surface area contributed by atoms with Crippen molar-refractivity contribution >= 4 is 23.5 Å². The highest BCUT2D eigenvalue weighted by Crippen LogP contribution is 2.33. The smallest absolute Gasteiger partial charge is 0.341 e. The lowest BCUT2D eigenvalue weighted by Gasteiger charge is -2.33. The van der Waals surface area contributed by atoms with Crippen LogP contribution in [0.3, 0.4) is 0 Å². The summed E-state index contributed by atoms with van der Waals surface area (Å²) in [7, 11) is 1.70. The van der Waals surface area contributed by atoms with E-state index in [2.05, 4.69) is 6.07 Å². The Morgan fingerprint density at radius 3 is 2.85 bits per heavy atom. The summed E-state index contributed by atoms with van der Waals surface area (Å²) in [6.07, 6.45) is 2.85. The molecule has 0 N–H and O–H groups in total. The number of carbonyl (C=O) groups is 2. The second-order valence-corrected chi connectivity index (χ2v) is 6.75. The molecular formula is C20H19ClFNO3. The summed E-state index contributed by atoms with van der Waals surface area (Å²) >= 11 is 5.77. The quantitative estimate of drug-likeness (QED) is 0.753. The number of ether oxygens (including phenoxy) is 1. The number of esters is 1. The third kappa shape index (κ3) is 3.88. The third-order valence-electron chi connectivity index (χ3n) is 4.67. The molecule has 0 saturated carbocycles. The van der Waals surface area contributed by atoms with Gasteiger partial charge < -0.3 is 9.64 Å². The summed E-state index contributed by atoms with van der Waals surface area (Å²) in [4.78, 5) is 26.1. The Hall–Kier alpha value is -2.40. The summed E-state index contributed by atoms with van der Waals surface area (Å²) < 4.78 is 18.7. The SMILES string of the molecule is CN(C(=O)COC(=O)c1cc(Cl)ccc1F)[C@@H]1CCCc2ccccc21. The molecule has 1 aliphatic rings. The molecule has 0 heterocycles. The topological polar surface area (TPSA) is 46.6 Å². The summed E-state index contributed by atoms with van der Waals surface area (Å²) in [5.41, 5.74) is 2.08. The lowest BCUT2D eigenvalue weighted by molar-refractivity contribution is -0.135. The maximum atomic E-state index is 13.7. The van der Waals surface area contributed by atoms with E-state index < -0.39 is 18.4 Å². The van der Waals surface area contributed by atoms with Gasteiger partial charge in [-0.2, -0.15) is 0 Å². The molecule has 1 amide bonds. The largest absolute Gasteiger partial charge is 0.452 e. The Bertz CT molecular complexity index is 840. The molecule has 2 aromatic rings. The summed E-state index contributed by atoms with van der Waals surface area (Å²) in [6, 6.07) is 11.6. The van der Waals surface area contributed by atoms with Gasteiger partial charge in [-0.15, -0.1) is 0 Å². The molecule has 1 atom stereocenters. The molecule has 0 unspecified atom stereocenters. The van der Waals surface area contributed by atoms with Crippen LogP contribution in [-0.2, 0) is 16.0 Å². The number of benzene rings is 2. The van der Waals surface area contributed by atoms with Gasteiger partial charge >= 0.3 is 5.97 Å². The molecule has 3 rings (SSSR count). The van der Waals surface area contributed by atoms with E-state index in [0.717, 1.165) is 30.9 Å². The van der Waals surface area contributed by atoms with E-state index in [4.69, 9.17) is 16.3 Å². The number of halogens is 2. The highest BCUT2D eigenvalue weighted by molar-refractivity contribution is 6.30. The number of rotatable bonds is 4. The van der Waals surface area contributed by atoms with Gasteiger partial charge in [0.05, 0.1) is 11.6 Å². The van der Waals surface area contributed by atoms with Crippen LogP contribution in [0.25, 0.3) is 0 Å². The van der Waals surface area contributed by atoms with Gasteiger partial charge in [-0.25, -0.2) is 9.18 Å². The molecule has 1 aliphatic carbocycles. The van der Waals surface area contributed by atoms with Crippen molar-refractivity contribution in [2.24, 2.45) is 0 Å². The van der Waals surface area contributed by atoms with E-state index in [1.807, 2.05) is 18.2 Å². The fourth-order valence-corrected chi connectivity index (χ4v) is 3.44. The maximum absolute atomic E-state index is 13.7. The number of fused-ring (bicyclic) bond motifs is 1. The van der Waals surface area contributed by atoms with E-state index in [0.29, 0.717) is 0 Å². The second kappa shape index (κ2) is 7.87. The number of nitrogens with zero attached hydrogens (tertiary/aromatic N) is 1. The minimum atomic E-state index is -0.907. The average Bonchev–Trinajstić information content (AvgIpc) is 2.66. The normalized spacial score (nSPS) is 15.9. The molecule has 4 nitrogen and oxygen atoms in total. The summed E-state index contributed by atoms with van der Waals surface area (Å²) in [5.74, 6) is -1.97. The van der Waals surface area contributed by atoms with E-state index in [1.165, 1.54) is 17.7 Å². The molecule has 6 heteroatoms. The van der Waals surface area contributed by atoms with Crippen molar-refractivity contribution in [1.82, 2.24) is 4.90 Å². The van der Waals surface area contributed by atoms with E-state index >= 15 is 0 Å². The number of likely N-dealkylation sites (N-methyl/N-ethyl adjacent to an activating group) is 1. The minimum Gasteiger partial charge on any atom is -0.452 e. The van der Waals surface area contributed by atoms with Gasteiger partial charge in [-0.3, -0.25) is 4.79 Å². The molecule has 2 aromatic carbocycles. The minimum absolute atomic E-state index is 0.0472. The van der Waals surface area contributed by atoms with Gasteiger partial charge in [-0.05, 0) is 48.6 Å². The van der Waals surface area contributed by atoms with Crippen molar-refractivity contribution in [2.45, 2.75) is 25.3 Å². The standard InChI is InChI=1S/C20H19ClFNO3/c1-23(18-8-4-6-13-5-2-3-7-15(13)18)19(24)12-26-20(25)16-11-14(21)9-10-17(16)22/h2-3,5,7,9-11,18H,4,6,8,12H2,1H3/t18-/m1/s1. The van der Waals surface area contributed by atoms with Crippen molar-refractivity contribution in [3.05, 3.63) is 70.0 Å².